The number of rotatable bonds is 3. The van der Waals surface area contributed by atoms with Gasteiger partial charge < -0.3 is 16.0 Å². The molecule has 0 spiro atoms. The van der Waals surface area contributed by atoms with Gasteiger partial charge in [0.05, 0.1) is 0 Å². The van der Waals surface area contributed by atoms with E-state index in [-0.39, 0.29) is 17.4 Å². The van der Waals surface area contributed by atoms with Crippen LogP contribution in [0.1, 0.15) is 40.1 Å². The molecule has 1 aromatic carbocycles. The summed E-state index contributed by atoms with van der Waals surface area (Å²) >= 11 is 0. The summed E-state index contributed by atoms with van der Waals surface area (Å²) in [6.45, 7) is 1.57. The molecule has 1 saturated heterocycles. The smallest absolute Gasteiger partial charge is 0.278 e. The summed E-state index contributed by atoms with van der Waals surface area (Å²) < 4.78 is 0. The number of aromatic nitrogens is 2. The second-order valence-electron chi connectivity index (χ2n) is 5.68. The fourth-order valence-electron chi connectivity index (χ4n) is 2.72. The zero-order valence-electron chi connectivity index (χ0n) is 13.2. The van der Waals surface area contributed by atoms with Gasteiger partial charge in [0.15, 0.2) is 11.5 Å². The second kappa shape index (κ2) is 7.08. The standard InChI is InChI=1S/C17H19N5O2/c18-15-14(19-7-8-20-15)16(23)21-13-6-4-5-12(11-13)17(24)22-9-2-1-3-10-22/h4-8,11H,1-3,9-10H2,(H2,18,20)(H,21,23). The van der Waals surface area contributed by atoms with Crippen LogP contribution in [-0.4, -0.2) is 39.8 Å². The molecule has 0 aliphatic carbocycles. The highest BCUT2D eigenvalue weighted by atomic mass is 16.2. The molecule has 1 aliphatic heterocycles. The predicted molar refractivity (Wildman–Crippen MR) is 90.6 cm³/mol. The Morgan fingerprint density at radius 2 is 1.83 bits per heavy atom. The largest absolute Gasteiger partial charge is 0.382 e. The molecule has 2 heterocycles. The summed E-state index contributed by atoms with van der Waals surface area (Å²) in [5, 5.41) is 2.71. The molecule has 7 nitrogen and oxygen atoms in total. The first kappa shape index (κ1) is 15.9. The molecule has 0 bridgehead atoms. The first-order chi connectivity index (χ1) is 11.6. The lowest BCUT2D eigenvalue weighted by Gasteiger charge is -2.26. The summed E-state index contributed by atoms with van der Waals surface area (Å²) in [4.78, 5) is 34.4. The Hall–Kier alpha value is -2.96. The zero-order valence-corrected chi connectivity index (χ0v) is 13.2. The molecule has 1 aliphatic rings. The topological polar surface area (TPSA) is 101 Å². The van der Waals surface area contributed by atoms with E-state index in [2.05, 4.69) is 15.3 Å². The second-order valence-corrected chi connectivity index (χ2v) is 5.68. The SMILES string of the molecule is Nc1nccnc1C(=O)Nc1cccc(C(=O)N2CCCCC2)c1. The van der Waals surface area contributed by atoms with Gasteiger partial charge in [-0.05, 0) is 37.5 Å². The summed E-state index contributed by atoms with van der Waals surface area (Å²) in [7, 11) is 0. The van der Waals surface area contributed by atoms with Gasteiger partial charge in [0, 0.05) is 36.7 Å². The minimum Gasteiger partial charge on any atom is -0.382 e. The number of nitrogen functional groups attached to an aromatic ring is 1. The molecule has 3 rings (SSSR count). The molecule has 7 heteroatoms. The van der Waals surface area contributed by atoms with E-state index in [9.17, 15) is 9.59 Å². The Morgan fingerprint density at radius 3 is 2.58 bits per heavy atom. The molecule has 1 aromatic heterocycles. The van der Waals surface area contributed by atoms with Crippen LogP contribution >= 0.6 is 0 Å². The average Bonchev–Trinajstić information content (AvgIpc) is 2.62. The lowest BCUT2D eigenvalue weighted by atomic mass is 10.1. The van der Waals surface area contributed by atoms with Gasteiger partial charge in [0.2, 0.25) is 0 Å². The van der Waals surface area contributed by atoms with Crippen LogP contribution in [0.15, 0.2) is 36.7 Å². The van der Waals surface area contributed by atoms with E-state index >= 15 is 0 Å². The Morgan fingerprint density at radius 1 is 1.08 bits per heavy atom. The van der Waals surface area contributed by atoms with Crippen molar-refractivity contribution in [2.75, 3.05) is 24.1 Å². The Kier molecular flexibility index (Phi) is 4.69. The van der Waals surface area contributed by atoms with Gasteiger partial charge in [0.25, 0.3) is 11.8 Å². The Balaban J connectivity index is 1.74. The third-order valence-corrected chi connectivity index (χ3v) is 3.95. The van der Waals surface area contributed by atoms with Crippen molar-refractivity contribution in [2.45, 2.75) is 19.3 Å². The molecule has 1 fully saturated rings. The Bertz CT molecular complexity index is 756. The maximum absolute atomic E-state index is 12.5. The van der Waals surface area contributed by atoms with Gasteiger partial charge in [-0.25, -0.2) is 9.97 Å². The number of nitrogens with one attached hydrogen (secondary N) is 1. The van der Waals surface area contributed by atoms with Crippen molar-refractivity contribution >= 4 is 23.3 Å². The average molecular weight is 325 g/mol. The summed E-state index contributed by atoms with van der Waals surface area (Å²) in [6, 6.07) is 6.88. The maximum Gasteiger partial charge on any atom is 0.278 e. The lowest BCUT2D eigenvalue weighted by Crippen LogP contribution is -2.35. The van der Waals surface area contributed by atoms with E-state index in [1.807, 2.05) is 4.90 Å². The van der Waals surface area contributed by atoms with E-state index in [1.165, 1.54) is 18.8 Å². The minimum atomic E-state index is -0.455. The van der Waals surface area contributed by atoms with E-state index in [4.69, 9.17) is 5.73 Å². The van der Waals surface area contributed by atoms with Gasteiger partial charge in [-0.2, -0.15) is 0 Å². The highest BCUT2D eigenvalue weighted by molar-refractivity contribution is 6.06. The maximum atomic E-state index is 12.5. The molecule has 0 atom stereocenters. The van der Waals surface area contributed by atoms with Crippen molar-refractivity contribution in [3.63, 3.8) is 0 Å². The van der Waals surface area contributed by atoms with Gasteiger partial charge in [-0.1, -0.05) is 6.07 Å². The van der Waals surface area contributed by atoms with Gasteiger partial charge in [-0.15, -0.1) is 0 Å². The minimum absolute atomic E-state index is 0.00943. The number of anilines is 2. The van der Waals surface area contributed by atoms with Crippen LogP contribution in [0.3, 0.4) is 0 Å². The third kappa shape index (κ3) is 3.51. The van der Waals surface area contributed by atoms with Gasteiger partial charge >= 0.3 is 0 Å². The molecule has 2 aromatic rings. The van der Waals surface area contributed by atoms with E-state index in [0.29, 0.717) is 11.3 Å². The number of carbonyl (C=O) groups excluding carboxylic acids is 2. The zero-order chi connectivity index (χ0) is 16.9. The molecule has 24 heavy (non-hydrogen) atoms. The van der Waals surface area contributed by atoms with Crippen LogP contribution in [0.25, 0.3) is 0 Å². The fraction of sp³-hybridized carbons (Fsp3) is 0.294. The number of hydrogen-bond acceptors (Lipinski definition) is 5. The van der Waals surface area contributed by atoms with Crippen LogP contribution in [0.5, 0.6) is 0 Å². The van der Waals surface area contributed by atoms with Gasteiger partial charge in [-0.3, -0.25) is 9.59 Å². The molecular formula is C17H19N5O2. The summed E-state index contributed by atoms with van der Waals surface area (Å²) in [5.41, 5.74) is 6.79. The molecule has 3 N–H and O–H groups in total. The number of carbonyl (C=O) groups is 2. The van der Waals surface area contributed by atoms with Crippen molar-refractivity contribution in [1.82, 2.24) is 14.9 Å². The number of likely N-dealkylation sites (tertiary alicyclic amines) is 1. The van der Waals surface area contributed by atoms with Crippen molar-refractivity contribution < 1.29 is 9.59 Å². The van der Waals surface area contributed by atoms with Crippen molar-refractivity contribution in [1.29, 1.82) is 0 Å². The van der Waals surface area contributed by atoms with Crippen LogP contribution in [-0.2, 0) is 0 Å². The predicted octanol–water partition coefficient (Wildman–Crippen LogP) is 1.94. The summed E-state index contributed by atoms with van der Waals surface area (Å²) in [5.74, 6) is -0.400. The fourth-order valence-corrected chi connectivity index (χ4v) is 2.72. The number of piperidine rings is 1. The normalized spacial score (nSPS) is 14.2. The van der Waals surface area contributed by atoms with Crippen molar-refractivity contribution in [3.8, 4) is 0 Å². The lowest BCUT2D eigenvalue weighted by molar-refractivity contribution is 0.0724. The number of amides is 2. The number of hydrogen-bond donors (Lipinski definition) is 2. The van der Waals surface area contributed by atoms with Crippen molar-refractivity contribution in [2.24, 2.45) is 0 Å². The first-order valence-electron chi connectivity index (χ1n) is 7.92. The van der Waals surface area contributed by atoms with Crippen LogP contribution < -0.4 is 11.1 Å². The molecule has 0 radical (unpaired) electrons. The quantitative estimate of drug-likeness (QED) is 0.898. The van der Waals surface area contributed by atoms with E-state index in [1.54, 1.807) is 24.3 Å². The highest BCUT2D eigenvalue weighted by Gasteiger charge is 2.19. The molecule has 124 valence electrons. The van der Waals surface area contributed by atoms with E-state index in [0.717, 1.165) is 25.9 Å². The van der Waals surface area contributed by atoms with Crippen molar-refractivity contribution in [3.05, 3.63) is 47.9 Å². The van der Waals surface area contributed by atoms with E-state index < -0.39 is 5.91 Å². The molecular weight excluding hydrogens is 306 g/mol. The van der Waals surface area contributed by atoms with Crippen LogP contribution in [0.4, 0.5) is 11.5 Å². The monoisotopic (exact) mass is 325 g/mol. The first-order valence-corrected chi connectivity index (χ1v) is 7.92. The molecule has 2 amide bonds. The van der Waals surface area contributed by atoms with Crippen LogP contribution in [0, 0.1) is 0 Å². The summed E-state index contributed by atoms with van der Waals surface area (Å²) in [6.07, 6.45) is 6.06. The van der Waals surface area contributed by atoms with Gasteiger partial charge in [0.1, 0.15) is 0 Å². The number of benzene rings is 1. The third-order valence-electron chi connectivity index (χ3n) is 3.95. The van der Waals surface area contributed by atoms with Crippen LogP contribution in [0.2, 0.25) is 0 Å². The Labute approximate surface area is 139 Å². The highest BCUT2D eigenvalue weighted by Crippen LogP contribution is 2.17. The number of nitrogens with two attached hydrogens (primary N) is 1. The molecule has 0 unspecified atom stereocenters. The molecule has 0 saturated carbocycles. The number of nitrogens with zero attached hydrogens (tertiary/aromatic N) is 3.